The van der Waals surface area contributed by atoms with Gasteiger partial charge in [-0.05, 0) is 18.8 Å². The molecule has 14 heavy (non-hydrogen) atoms. The van der Waals surface area contributed by atoms with Crippen LogP contribution in [0.2, 0.25) is 0 Å². The van der Waals surface area contributed by atoms with Gasteiger partial charge in [-0.25, -0.2) is 5.06 Å². The van der Waals surface area contributed by atoms with Gasteiger partial charge >= 0.3 is 0 Å². The Balaban J connectivity index is 2.54. The maximum absolute atomic E-state index is 5.19. The van der Waals surface area contributed by atoms with Crippen molar-refractivity contribution < 1.29 is 4.84 Å². The van der Waals surface area contributed by atoms with Gasteiger partial charge in [0.15, 0.2) is 0 Å². The van der Waals surface area contributed by atoms with Crippen LogP contribution in [-0.4, -0.2) is 32.1 Å². The maximum atomic E-state index is 5.19. The Labute approximate surface area is 87.1 Å². The molecule has 0 saturated heterocycles. The molecule has 1 aliphatic rings. The van der Waals surface area contributed by atoms with Gasteiger partial charge in [-0.1, -0.05) is 19.8 Å². The van der Waals surface area contributed by atoms with E-state index in [0.29, 0.717) is 5.92 Å². The summed E-state index contributed by atoms with van der Waals surface area (Å²) in [6, 6.07) is 0. The van der Waals surface area contributed by atoms with Crippen molar-refractivity contribution in [1.82, 2.24) is 5.06 Å². The highest BCUT2D eigenvalue weighted by Gasteiger charge is 2.24. The van der Waals surface area contributed by atoms with Crippen LogP contribution in [0.4, 0.5) is 0 Å². The van der Waals surface area contributed by atoms with Gasteiger partial charge in [0.1, 0.15) is 5.84 Å². The number of nitrogens with zero attached hydrogens (tertiary/aromatic N) is 2. The Hall–Kier alpha value is -0.570. The normalized spacial score (nSPS) is 29.0. The highest BCUT2D eigenvalue weighted by atomic mass is 16.7. The van der Waals surface area contributed by atoms with E-state index in [-0.39, 0.29) is 0 Å². The predicted molar refractivity (Wildman–Crippen MR) is 59.3 cm³/mol. The fourth-order valence-corrected chi connectivity index (χ4v) is 2.19. The first-order chi connectivity index (χ1) is 6.69. The first-order valence-electron chi connectivity index (χ1n) is 5.43. The average molecular weight is 198 g/mol. The van der Waals surface area contributed by atoms with E-state index >= 15 is 0 Å². The molecule has 0 radical (unpaired) electrons. The van der Waals surface area contributed by atoms with Crippen molar-refractivity contribution in [2.45, 2.75) is 32.6 Å². The average Bonchev–Trinajstić information content (AvgIpc) is 2.21. The standard InChI is InChI=1S/C11H22N2O/c1-9-5-7-10(8-6-9)11(12-2)13(3)14-4/h9-10H,5-8H2,1-4H3/b12-11-. The zero-order valence-electron chi connectivity index (χ0n) is 9.79. The van der Waals surface area contributed by atoms with Gasteiger partial charge in [0.25, 0.3) is 0 Å². The third-order valence-electron chi connectivity index (χ3n) is 3.21. The van der Waals surface area contributed by atoms with Crippen molar-refractivity contribution in [2.75, 3.05) is 21.2 Å². The topological polar surface area (TPSA) is 24.8 Å². The molecule has 1 fully saturated rings. The van der Waals surface area contributed by atoms with Gasteiger partial charge in [0.05, 0.1) is 7.11 Å². The molecule has 3 nitrogen and oxygen atoms in total. The van der Waals surface area contributed by atoms with Crippen LogP contribution in [0.1, 0.15) is 32.6 Å². The molecule has 0 aromatic heterocycles. The van der Waals surface area contributed by atoms with E-state index in [0.717, 1.165) is 11.8 Å². The highest BCUT2D eigenvalue weighted by molar-refractivity contribution is 5.83. The van der Waals surface area contributed by atoms with E-state index in [9.17, 15) is 0 Å². The Morgan fingerprint density at radius 1 is 1.29 bits per heavy atom. The summed E-state index contributed by atoms with van der Waals surface area (Å²) < 4.78 is 0. The molecule has 0 spiro atoms. The largest absolute Gasteiger partial charge is 0.276 e. The van der Waals surface area contributed by atoms with Crippen LogP contribution < -0.4 is 0 Å². The number of hydroxylamine groups is 2. The maximum Gasteiger partial charge on any atom is 0.126 e. The lowest BCUT2D eigenvalue weighted by Gasteiger charge is -2.30. The zero-order valence-corrected chi connectivity index (χ0v) is 9.79. The van der Waals surface area contributed by atoms with Crippen molar-refractivity contribution in [2.24, 2.45) is 16.8 Å². The summed E-state index contributed by atoms with van der Waals surface area (Å²) in [7, 11) is 5.47. The molecule has 1 saturated carbocycles. The molecular weight excluding hydrogens is 176 g/mol. The number of hydrogen-bond donors (Lipinski definition) is 0. The molecule has 0 bridgehead atoms. The number of hydrogen-bond acceptors (Lipinski definition) is 2. The van der Waals surface area contributed by atoms with Gasteiger partial charge in [-0.3, -0.25) is 9.83 Å². The molecular formula is C11H22N2O. The first kappa shape index (κ1) is 11.5. The van der Waals surface area contributed by atoms with Crippen LogP contribution in [0.3, 0.4) is 0 Å². The Kier molecular flexibility index (Phi) is 4.39. The highest BCUT2D eigenvalue weighted by Crippen LogP contribution is 2.29. The lowest BCUT2D eigenvalue weighted by molar-refractivity contribution is -0.0477. The third kappa shape index (κ3) is 2.71. The molecule has 0 heterocycles. The summed E-state index contributed by atoms with van der Waals surface area (Å²) >= 11 is 0. The fraction of sp³-hybridized carbons (Fsp3) is 0.909. The van der Waals surface area contributed by atoms with Crippen LogP contribution in [-0.2, 0) is 4.84 Å². The molecule has 1 aliphatic carbocycles. The van der Waals surface area contributed by atoms with E-state index in [1.54, 1.807) is 12.2 Å². The molecule has 1 rings (SSSR count). The van der Waals surface area contributed by atoms with Crippen molar-refractivity contribution in [1.29, 1.82) is 0 Å². The number of amidine groups is 1. The Morgan fingerprint density at radius 2 is 1.86 bits per heavy atom. The van der Waals surface area contributed by atoms with Gasteiger partial charge in [0.2, 0.25) is 0 Å². The smallest absolute Gasteiger partial charge is 0.126 e. The molecule has 0 unspecified atom stereocenters. The first-order valence-corrected chi connectivity index (χ1v) is 5.43. The van der Waals surface area contributed by atoms with Gasteiger partial charge < -0.3 is 0 Å². The van der Waals surface area contributed by atoms with Crippen LogP contribution in [0.15, 0.2) is 4.99 Å². The van der Waals surface area contributed by atoms with Gasteiger partial charge in [0, 0.05) is 20.0 Å². The van der Waals surface area contributed by atoms with Crippen LogP contribution in [0.25, 0.3) is 0 Å². The Morgan fingerprint density at radius 3 is 2.29 bits per heavy atom. The van der Waals surface area contributed by atoms with E-state index in [1.807, 2.05) is 14.1 Å². The van der Waals surface area contributed by atoms with E-state index < -0.39 is 0 Å². The minimum absolute atomic E-state index is 0.598. The summed E-state index contributed by atoms with van der Waals surface area (Å²) in [6.45, 7) is 2.33. The summed E-state index contributed by atoms with van der Waals surface area (Å²) in [6.07, 6.45) is 5.14. The zero-order chi connectivity index (χ0) is 10.6. The van der Waals surface area contributed by atoms with Crippen LogP contribution in [0, 0.1) is 11.8 Å². The minimum Gasteiger partial charge on any atom is -0.276 e. The molecule has 0 amide bonds. The molecule has 3 heteroatoms. The predicted octanol–water partition coefficient (Wildman–Crippen LogP) is 2.33. The second-order valence-electron chi connectivity index (χ2n) is 4.22. The fourth-order valence-electron chi connectivity index (χ4n) is 2.19. The van der Waals surface area contributed by atoms with Crippen molar-refractivity contribution in [3.8, 4) is 0 Å². The van der Waals surface area contributed by atoms with Gasteiger partial charge in [-0.2, -0.15) is 0 Å². The van der Waals surface area contributed by atoms with Crippen molar-refractivity contribution in [3.05, 3.63) is 0 Å². The summed E-state index contributed by atoms with van der Waals surface area (Å²) in [5.41, 5.74) is 0. The van der Waals surface area contributed by atoms with Crippen LogP contribution in [0.5, 0.6) is 0 Å². The lowest BCUT2D eigenvalue weighted by atomic mass is 9.82. The van der Waals surface area contributed by atoms with E-state index in [1.165, 1.54) is 25.7 Å². The van der Waals surface area contributed by atoms with Gasteiger partial charge in [-0.15, -0.1) is 0 Å². The van der Waals surface area contributed by atoms with Crippen molar-refractivity contribution >= 4 is 5.84 Å². The lowest BCUT2D eigenvalue weighted by Crippen LogP contribution is -2.34. The summed E-state index contributed by atoms with van der Waals surface area (Å²) in [5.74, 6) is 2.58. The quantitative estimate of drug-likeness (QED) is 0.386. The summed E-state index contributed by atoms with van der Waals surface area (Å²) in [5, 5.41) is 1.79. The number of aliphatic imine (C=N–C) groups is 1. The molecule has 0 aliphatic heterocycles. The minimum atomic E-state index is 0.598. The van der Waals surface area contributed by atoms with E-state index in [2.05, 4.69) is 11.9 Å². The molecule has 0 aromatic rings. The Bertz CT molecular complexity index is 195. The SMILES string of the molecule is C/N=C(/C1CCC(C)CC1)N(C)OC. The van der Waals surface area contributed by atoms with Crippen molar-refractivity contribution in [3.63, 3.8) is 0 Å². The third-order valence-corrected chi connectivity index (χ3v) is 3.21. The molecule has 0 atom stereocenters. The second-order valence-corrected chi connectivity index (χ2v) is 4.22. The molecule has 0 N–H and O–H groups in total. The number of rotatable bonds is 2. The summed E-state index contributed by atoms with van der Waals surface area (Å²) in [4.78, 5) is 9.51. The van der Waals surface area contributed by atoms with E-state index in [4.69, 9.17) is 4.84 Å². The molecule has 82 valence electrons. The second kappa shape index (κ2) is 5.35. The molecule has 0 aromatic carbocycles. The monoisotopic (exact) mass is 198 g/mol. The van der Waals surface area contributed by atoms with Crippen LogP contribution >= 0.6 is 0 Å².